The molecule has 0 spiro atoms. The second-order valence-corrected chi connectivity index (χ2v) is 5.64. The normalized spacial score (nSPS) is 16.2. The third-order valence-corrected chi connectivity index (χ3v) is 4.01. The average molecular weight is 307 g/mol. The molecule has 0 aliphatic carbocycles. The van der Waals surface area contributed by atoms with Gasteiger partial charge in [-0.1, -0.05) is 6.92 Å². The SMILES string of the molecule is CCc1cnc(N2CCN(CCCOCCNC)CC2)nc1. The zero-order valence-electron chi connectivity index (χ0n) is 13.9. The predicted octanol–water partition coefficient (Wildman–Crippen LogP) is 0.787. The van der Waals surface area contributed by atoms with Crippen molar-refractivity contribution in [3.05, 3.63) is 18.0 Å². The number of nitrogens with zero attached hydrogens (tertiary/aromatic N) is 4. The Kier molecular flexibility index (Phi) is 7.56. The molecule has 1 aliphatic rings. The van der Waals surface area contributed by atoms with Crippen LogP contribution >= 0.6 is 0 Å². The molecule has 2 rings (SSSR count). The first-order chi connectivity index (χ1) is 10.8. The van der Waals surface area contributed by atoms with Crippen LogP contribution in [0.15, 0.2) is 12.4 Å². The van der Waals surface area contributed by atoms with E-state index in [1.54, 1.807) is 0 Å². The predicted molar refractivity (Wildman–Crippen MR) is 89.4 cm³/mol. The van der Waals surface area contributed by atoms with Gasteiger partial charge >= 0.3 is 0 Å². The monoisotopic (exact) mass is 307 g/mol. The molecule has 2 heterocycles. The van der Waals surface area contributed by atoms with E-state index in [9.17, 15) is 0 Å². The van der Waals surface area contributed by atoms with E-state index >= 15 is 0 Å². The van der Waals surface area contributed by atoms with Crippen LogP contribution in [0.4, 0.5) is 5.95 Å². The van der Waals surface area contributed by atoms with Gasteiger partial charge in [-0.15, -0.1) is 0 Å². The van der Waals surface area contributed by atoms with Crippen molar-refractivity contribution in [3.63, 3.8) is 0 Å². The minimum Gasteiger partial charge on any atom is -0.380 e. The Balaban J connectivity index is 1.62. The van der Waals surface area contributed by atoms with Crippen LogP contribution in [0.2, 0.25) is 0 Å². The number of rotatable bonds is 9. The zero-order valence-corrected chi connectivity index (χ0v) is 13.9. The van der Waals surface area contributed by atoms with E-state index in [0.717, 1.165) is 71.3 Å². The molecule has 0 radical (unpaired) electrons. The first kappa shape index (κ1) is 17.1. The second kappa shape index (κ2) is 9.71. The molecule has 0 unspecified atom stereocenters. The molecular weight excluding hydrogens is 278 g/mol. The summed E-state index contributed by atoms with van der Waals surface area (Å²) in [6.07, 6.45) is 5.98. The highest BCUT2D eigenvalue weighted by atomic mass is 16.5. The molecule has 6 nitrogen and oxygen atoms in total. The van der Waals surface area contributed by atoms with Crippen molar-refractivity contribution in [1.82, 2.24) is 20.2 Å². The highest BCUT2D eigenvalue weighted by molar-refractivity contribution is 5.30. The third kappa shape index (κ3) is 5.51. The van der Waals surface area contributed by atoms with Crippen LogP contribution in [-0.4, -0.2) is 74.4 Å². The van der Waals surface area contributed by atoms with Crippen LogP contribution < -0.4 is 10.2 Å². The van der Waals surface area contributed by atoms with Crippen molar-refractivity contribution < 1.29 is 4.74 Å². The summed E-state index contributed by atoms with van der Waals surface area (Å²) in [5, 5.41) is 3.08. The summed E-state index contributed by atoms with van der Waals surface area (Å²) < 4.78 is 5.56. The molecule has 0 amide bonds. The zero-order chi connectivity index (χ0) is 15.6. The lowest BCUT2D eigenvalue weighted by molar-refractivity contribution is 0.122. The van der Waals surface area contributed by atoms with Gasteiger partial charge in [-0.3, -0.25) is 4.90 Å². The topological polar surface area (TPSA) is 53.5 Å². The Morgan fingerprint density at radius 1 is 1.14 bits per heavy atom. The van der Waals surface area contributed by atoms with Crippen molar-refractivity contribution in [2.75, 3.05) is 64.4 Å². The Morgan fingerprint density at radius 3 is 2.50 bits per heavy atom. The fourth-order valence-electron chi connectivity index (χ4n) is 2.53. The molecule has 124 valence electrons. The molecule has 0 atom stereocenters. The van der Waals surface area contributed by atoms with E-state index in [2.05, 4.69) is 32.0 Å². The highest BCUT2D eigenvalue weighted by Crippen LogP contribution is 2.11. The van der Waals surface area contributed by atoms with E-state index in [4.69, 9.17) is 4.74 Å². The Morgan fingerprint density at radius 2 is 1.86 bits per heavy atom. The van der Waals surface area contributed by atoms with Gasteiger partial charge in [0.15, 0.2) is 0 Å². The lowest BCUT2D eigenvalue weighted by Gasteiger charge is -2.34. The van der Waals surface area contributed by atoms with Gasteiger partial charge in [-0.05, 0) is 25.5 Å². The summed E-state index contributed by atoms with van der Waals surface area (Å²) >= 11 is 0. The lowest BCUT2D eigenvalue weighted by atomic mass is 10.3. The molecule has 1 N–H and O–H groups in total. The maximum Gasteiger partial charge on any atom is 0.225 e. The van der Waals surface area contributed by atoms with Crippen molar-refractivity contribution in [1.29, 1.82) is 0 Å². The number of aromatic nitrogens is 2. The minimum absolute atomic E-state index is 0.801. The van der Waals surface area contributed by atoms with Crippen molar-refractivity contribution in [3.8, 4) is 0 Å². The van der Waals surface area contributed by atoms with Gasteiger partial charge in [0.2, 0.25) is 5.95 Å². The summed E-state index contributed by atoms with van der Waals surface area (Å²) in [5.41, 5.74) is 1.20. The van der Waals surface area contributed by atoms with Crippen LogP contribution in [0, 0.1) is 0 Å². The summed E-state index contributed by atoms with van der Waals surface area (Å²) in [5.74, 6) is 0.868. The van der Waals surface area contributed by atoms with Crippen LogP contribution in [0.1, 0.15) is 18.9 Å². The molecule has 1 aromatic rings. The average Bonchev–Trinajstić information content (AvgIpc) is 2.59. The van der Waals surface area contributed by atoms with Crippen molar-refractivity contribution in [2.45, 2.75) is 19.8 Å². The van der Waals surface area contributed by atoms with Gasteiger partial charge in [0.25, 0.3) is 0 Å². The molecule has 1 saturated heterocycles. The van der Waals surface area contributed by atoms with Crippen LogP contribution in [-0.2, 0) is 11.2 Å². The highest BCUT2D eigenvalue weighted by Gasteiger charge is 2.18. The van der Waals surface area contributed by atoms with Gasteiger partial charge in [-0.2, -0.15) is 0 Å². The van der Waals surface area contributed by atoms with Crippen LogP contribution in [0.5, 0.6) is 0 Å². The van der Waals surface area contributed by atoms with Gasteiger partial charge < -0.3 is 15.0 Å². The summed E-state index contributed by atoms with van der Waals surface area (Å²) in [6, 6.07) is 0. The number of aryl methyl sites for hydroxylation is 1. The van der Waals surface area contributed by atoms with Gasteiger partial charge in [0.05, 0.1) is 6.61 Å². The van der Waals surface area contributed by atoms with Crippen LogP contribution in [0.3, 0.4) is 0 Å². The number of hydrogen-bond acceptors (Lipinski definition) is 6. The fourth-order valence-corrected chi connectivity index (χ4v) is 2.53. The van der Waals surface area contributed by atoms with Crippen LogP contribution in [0.25, 0.3) is 0 Å². The largest absolute Gasteiger partial charge is 0.380 e. The lowest BCUT2D eigenvalue weighted by Crippen LogP contribution is -2.47. The molecule has 0 bridgehead atoms. The van der Waals surface area contributed by atoms with E-state index < -0.39 is 0 Å². The van der Waals surface area contributed by atoms with Crippen molar-refractivity contribution >= 4 is 5.95 Å². The minimum atomic E-state index is 0.801. The first-order valence-corrected chi connectivity index (χ1v) is 8.34. The van der Waals surface area contributed by atoms with E-state index in [1.807, 2.05) is 19.4 Å². The number of nitrogens with one attached hydrogen (secondary N) is 1. The number of likely N-dealkylation sites (N-methyl/N-ethyl adjacent to an activating group) is 1. The Bertz CT molecular complexity index is 404. The molecule has 6 heteroatoms. The smallest absolute Gasteiger partial charge is 0.225 e. The first-order valence-electron chi connectivity index (χ1n) is 8.34. The second-order valence-electron chi connectivity index (χ2n) is 5.64. The number of ether oxygens (including phenoxy) is 1. The molecule has 0 saturated carbocycles. The molecule has 22 heavy (non-hydrogen) atoms. The fraction of sp³-hybridized carbons (Fsp3) is 0.750. The Hall–Kier alpha value is -1.24. The number of anilines is 1. The van der Waals surface area contributed by atoms with E-state index in [-0.39, 0.29) is 0 Å². The molecule has 1 fully saturated rings. The number of piperazine rings is 1. The van der Waals surface area contributed by atoms with Gasteiger partial charge in [-0.25, -0.2) is 9.97 Å². The number of hydrogen-bond donors (Lipinski definition) is 1. The maximum absolute atomic E-state index is 5.56. The van der Waals surface area contributed by atoms with E-state index in [0.29, 0.717) is 0 Å². The summed E-state index contributed by atoms with van der Waals surface area (Å²) in [7, 11) is 1.95. The third-order valence-electron chi connectivity index (χ3n) is 4.01. The van der Waals surface area contributed by atoms with Gasteiger partial charge in [0.1, 0.15) is 0 Å². The molecule has 0 aromatic carbocycles. The van der Waals surface area contributed by atoms with Crippen molar-refractivity contribution in [2.24, 2.45) is 0 Å². The summed E-state index contributed by atoms with van der Waals surface area (Å²) in [4.78, 5) is 13.7. The quantitative estimate of drug-likeness (QED) is 0.681. The molecular formula is C16H29N5O. The molecule has 1 aliphatic heterocycles. The maximum atomic E-state index is 5.56. The standard InChI is InChI=1S/C16H29N5O/c1-3-15-13-18-16(19-14-15)21-9-7-20(8-10-21)6-4-11-22-12-5-17-2/h13-14,17H,3-12H2,1-2H3. The van der Waals surface area contributed by atoms with Gasteiger partial charge in [0, 0.05) is 58.3 Å². The molecule has 1 aromatic heterocycles. The van der Waals surface area contributed by atoms with E-state index in [1.165, 1.54) is 5.56 Å². The summed E-state index contributed by atoms with van der Waals surface area (Å²) in [6.45, 7) is 9.99. The Labute approximate surface area is 133 Å².